The molecular weight excluding hydrogens is 190 g/mol. The van der Waals surface area contributed by atoms with E-state index in [1.807, 2.05) is 30.3 Å². The van der Waals surface area contributed by atoms with Crippen LogP contribution in [0, 0.1) is 0 Å². The Bertz CT molecular complexity index is 474. The van der Waals surface area contributed by atoms with Crippen molar-refractivity contribution in [1.82, 2.24) is 10.1 Å². The van der Waals surface area contributed by atoms with Crippen LogP contribution >= 0.6 is 0 Å². The topological polar surface area (TPSA) is 64.9 Å². The molecule has 1 heterocycles. The molecule has 0 amide bonds. The van der Waals surface area contributed by atoms with Crippen molar-refractivity contribution < 1.29 is 4.52 Å². The first-order chi connectivity index (χ1) is 7.28. The van der Waals surface area contributed by atoms with E-state index in [1.54, 1.807) is 0 Å². The van der Waals surface area contributed by atoms with E-state index in [2.05, 4.69) is 10.1 Å². The van der Waals surface area contributed by atoms with Crippen molar-refractivity contribution in [3.63, 3.8) is 0 Å². The number of nitrogens with zero attached hydrogens (tertiary/aromatic N) is 2. The fraction of sp³-hybridized carbons (Fsp3) is 0.273. The van der Waals surface area contributed by atoms with Crippen molar-refractivity contribution in [2.24, 2.45) is 5.73 Å². The molecule has 4 nitrogen and oxygen atoms in total. The van der Waals surface area contributed by atoms with Crippen LogP contribution in [0.25, 0.3) is 11.5 Å². The summed E-state index contributed by atoms with van der Waals surface area (Å²) in [6, 6.07) is 9.70. The Morgan fingerprint density at radius 2 is 1.93 bits per heavy atom. The SMILES string of the molecule is NC1(c2noc(-c3ccccc3)n2)CC1. The van der Waals surface area contributed by atoms with Crippen LogP contribution in [0.1, 0.15) is 18.7 Å². The van der Waals surface area contributed by atoms with Crippen molar-refractivity contribution in [2.45, 2.75) is 18.4 Å². The van der Waals surface area contributed by atoms with Crippen LogP contribution in [0.15, 0.2) is 34.9 Å². The lowest BCUT2D eigenvalue weighted by atomic mass is 10.2. The van der Waals surface area contributed by atoms with Crippen molar-refractivity contribution in [2.75, 3.05) is 0 Å². The first-order valence-electron chi connectivity index (χ1n) is 4.96. The second-order valence-corrected chi connectivity index (χ2v) is 3.95. The largest absolute Gasteiger partial charge is 0.334 e. The third-order valence-electron chi connectivity index (χ3n) is 2.68. The molecule has 1 fully saturated rings. The third kappa shape index (κ3) is 1.43. The van der Waals surface area contributed by atoms with E-state index in [9.17, 15) is 0 Å². The highest BCUT2D eigenvalue weighted by molar-refractivity contribution is 5.52. The Hall–Kier alpha value is -1.68. The van der Waals surface area contributed by atoms with Crippen molar-refractivity contribution >= 4 is 0 Å². The molecule has 0 saturated heterocycles. The average molecular weight is 201 g/mol. The van der Waals surface area contributed by atoms with E-state index in [0.717, 1.165) is 18.4 Å². The molecule has 0 aliphatic heterocycles. The summed E-state index contributed by atoms with van der Waals surface area (Å²) in [6.45, 7) is 0. The van der Waals surface area contributed by atoms with Gasteiger partial charge in [-0.1, -0.05) is 23.4 Å². The summed E-state index contributed by atoms with van der Waals surface area (Å²) < 4.78 is 5.18. The van der Waals surface area contributed by atoms with Crippen molar-refractivity contribution in [3.05, 3.63) is 36.2 Å². The van der Waals surface area contributed by atoms with Gasteiger partial charge in [-0.25, -0.2) is 0 Å². The van der Waals surface area contributed by atoms with Crippen LogP contribution < -0.4 is 5.73 Å². The number of hydrogen-bond donors (Lipinski definition) is 1. The van der Waals surface area contributed by atoms with Gasteiger partial charge in [0.15, 0.2) is 5.82 Å². The molecule has 1 aliphatic carbocycles. The maximum atomic E-state index is 5.97. The Morgan fingerprint density at radius 1 is 1.20 bits per heavy atom. The van der Waals surface area contributed by atoms with Crippen LogP contribution in [0.3, 0.4) is 0 Å². The molecule has 0 atom stereocenters. The minimum absolute atomic E-state index is 0.323. The van der Waals surface area contributed by atoms with Gasteiger partial charge in [-0.05, 0) is 25.0 Å². The minimum atomic E-state index is -0.323. The summed E-state index contributed by atoms with van der Waals surface area (Å²) in [7, 11) is 0. The van der Waals surface area contributed by atoms with Gasteiger partial charge in [0.2, 0.25) is 0 Å². The highest BCUT2D eigenvalue weighted by Gasteiger charge is 2.44. The van der Waals surface area contributed by atoms with Gasteiger partial charge in [0.25, 0.3) is 5.89 Å². The Labute approximate surface area is 87.1 Å². The summed E-state index contributed by atoms with van der Waals surface area (Å²) >= 11 is 0. The van der Waals surface area contributed by atoms with Gasteiger partial charge >= 0.3 is 0 Å². The highest BCUT2D eigenvalue weighted by atomic mass is 16.5. The molecule has 0 unspecified atom stereocenters. The third-order valence-corrected chi connectivity index (χ3v) is 2.68. The van der Waals surface area contributed by atoms with Gasteiger partial charge in [-0.2, -0.15) is 4.98 Å². The lowest BCUT2D eigenvalue weighted by molar-refractivity contribution is 0.414. The molecule has 2 aromatic rings. The fourth-order valence-corrected chi connectivity index (χ4v) is 1.48. The number of benzene rings is 1. The molecule has 1 aliphatic rings. The maximum Gasteiger partial charge on any atom is 0.257 e. The first kappa shape index (κ1) is 8.61. The van der Waals surface area contributed by atoms with E-state index >= 15 is 0 Å². The molecule has 15 heavy (non-hydrogen) atoms. The molecule has 2 N–H and O–H groups in total. The van der Waals surface area contributed by atoms with Gasteiger partial charge in [0, 0.05) is 5.56 Å². The normalized spacial score (nSPS) is 17.7. The lowest BCUT2D eigenvalue weighted by Gasteiger charge is -1.97. The summed E-state index contributed by atoms with van der Waals surface area (Å²) in [5.74, 6) is 1.17. The van der Waals surface area contributed by atoms with Crippen LogP contribution in [0.5, 0.6) is 0 Å². The molecule has 0 radical (unpaired) electrons. The van der Waals surface area contributed by atoms with Crippen molar-refractivity contribution in [1.29, 1.82) is 0 Å². The Balaban J connectivity index is 1.97. The van der Waals surface area contributed by atoms with Gasteiger partial charge in [-0.15, -0.1) is 0 Å². The van der Waals surface area contributed by atoms with Gasteiger partial charge in [-0.3, -0.25) is 0 Å². The van der Waals surface area contributed by atoms with Crippen LogP contribution in [-0.2, 0) is 5.54 Å². The molecular formula is C11H11N3O. The zero-order valence-electron chi connectivity index (χ0n) is 8.18. The minimum Gasteiger partial charge on any atom is -0.334 e. The quantitative estimate of drug-likeness (QED) is 0.802. The van der Waals surface area contributed by atoms with Crippen LogP contribution in [0.2, 0.25) is 0 Å². The van der Waals surface area contributed by atoms with Crippen molar-refractivity contribution in [3.8, 4) is 11.5 Å². The Kier molecular flexibility index (Phi) is 1.67. The monoisotopic (exact) mass is 201 g/mol. The van der Waals surface area contributed by atoms with E-state index in [1.165, 1.54) is 0 Å². The number of aromatic nitrogens is 2. The first-order valence-corrected chi connectivity index (χ1v) is 4.96. The Morgan fingerprint density at radius 3 is 2.60 bits per heavy atom. The van der Waals surface area contributed by atoms with Crippen LogP contribution in [-0.4, -0.2) is 10.1 Å². The van der Waals surface area contributed by atoms with Crippen LogP contribution in [0.4, 0.5) is 0 Å². The van der Waals surface area contributed by atoms with E-state index in [0.29, 0.717) is 11.7 Å². The smallest absolute Gasteiger partial charge is 0.257 e. The molecule has 1 aromatic carbocycles. The molecule has 0 bridgehead atoms. The fourth-order valence-electron chi connectivity index (χ4n) is 1.48. The van der Waals surface area contributed by atoms with E-state index in [-0.39, 0.29) is 5.54 Å². The number of rotatable bonds is 2. The van der Waals surface area contributed by atoms with Gasteiger partial charge in [0.05, 0.1) is 5.54 Å². The molecule has 1 saturated carbocycles. The number of nitrogens with two attached hydrogens (primary N) is 1. The predicted octanol–water partition coefficient (Wildman–Crippen LogP) is 1.68. The average Bonchev–Trinajstić information content (AvgIpc) is 2.85. The zero-order valence-corrected chi connectivity index (χ0v) is 8.18. The maximum absolute atomic E-state index is 5.97. The molecule has 4 heteroatoms. The van der Waals surface area contributed by atoms with Gasteiger partial charge < -0.3 is 10.3 Å². The number of hydrogen-bond acceptors (Lipinski definition) is 4. The molecule has 1 aromatic heterocycles. The van der Waals surface area contributed by atoms with E-state index < -0.39 is 0 Å². The summed E-state index contributed by atoms with van der Waals surface area (Å²) in [5, 5.41) is 3.92. The molecule has 3 rings (SSSR count). The van der Waals surface area contributed by atoms with E-state index in [4.69, 9.17) is 10.3 Å². The predicted molar refractivity (Wildman–Crippen MR) is 54.8 cm³/mol. The zero-order chi connectivity index (χ0) is 10.3. The highest BCUT2D eigenvalue weighted by Crippen LogP contribution is 2.41. The van der Waals surface area contributed by atoms with Gasteiger partial charge in [0.1, 0.15) is 0 Å². The summed E-state index contributed by atoms with van der Waals surface area (Å²) in [4.78, 5) is 4.31. The summed E-state index contributed by atoms with van der Waals surface area (Å²) in [5.41, 5.74) is 6.58. The second-order valence-electron chi connectivity index (χ2n) is 3.95. The standard InChI is InChI=1S/C11H11N3O/c12-11(6-7-11)10-13-9(15-14-10)8-4-2-1-3-5-8/h1-5H,6-7,12H2. The molecule has 0 spiro atoms. The molecule has 76 valence electrons. The lowest BCUT2D eigenvalue weighted by Crippen LogP contribution is -2.20. The second kappa shape index (κ2) is 2.90. The summed E-state index contributed by atoms with van der Waals surface area (Å²) in [6.07, 6.45) is 1.89.